The van der Waals surface area contributed by atoms with Crippen LogP contribution in [-0.4, -0.2) is 31.3 Å². The average Bonchev–Trinajstić information content (AvgIpc) is 3.28. The fourth-order valence-electron chi connectivity index (χ4n) is 2.43. The normalized spacial score (nSPS) is 8.44. The predicted octanol–water partition coefficient (Wildman–Crippen LogP) is 7.68. The summed E-state index contributed by atoms with van der Waals surface area (Å²) >= 11 is 0. The van der Waals surface area contributed by atoms with Gasteiger partial charge >= 0.3 is 0 Å². The van der Waals surface area contributed by atoms with Crippen molar-refractivity contribution in [1.29, 1.82) is 0 Å². The summed E-state index contributed by atoms with van der Waals surface area (Å²) in [5.74, 6) is 0.991. The number of alkyl halides is 1. The monoisotopic (exact) mass is 447 g/mol. The van der Waals surface area contributed by atoms with Crippen LogP contribution in [0.5, 0.6) is 11.5 Å². The number of nitrogens with one attached hydrogen (secondary N) is 1. The Balaban J connectivity index is -0.000000450. The molecule has 0 saturated heterocycles. The van der Waals surface area contributed by atoms with Gasteiger partial charge in [-0.15, -0.1) is 0 Å². The Hall–Kier alpha value is -4.11. The van der Waals surface area contributed by atoms with Gasteiger partial charge in [-0.3, -0.25) is 14.5 Å². The minimum absolute atomic E-state index is 0. The molecule has 0 saturated carbocycles. The van der Waals surface area contributed by atoms with Crippen LogP contribution in [0.25, 0.3) is 20.6 Å². The molecule has 0 fully saturated rings. The minimum atomic E-state index is -0.510. The number of nitro groups is 1. The fourth-order valence-corrected chi connectivity index (χ4v) is 2.43. The molecule has 9 heteroatoms. The first-order valence-electron chi connectivity index (χ1n) is 9.06. The Morgan fingerprint density at radius 2 is 1.53 bits per heavy atom. The van der Waals surface area contributed by atoms with Crippen LogP contribution in [-0.2, 0) is 0 Å². The van der Waals surface area contributed by atoms with Crippen molar-refractivity contribution >= 4 is 28.0 Å². The molecule has 0 atom stereocenters. The van der Waals surface area contributed by atoms with E-state index in [1.807, 2.05) is 18.3 Å². The summed E-state index contributed by atoms with van der Waals surface area (Å²) in [6.45, 7) is 15.4. The van der Waals surface area contributed by atoms with E-state index < -0.39 is 4.92 Å². The molecule has 0 aliphatic carbocycles. The van der Waals surface area contributed by atoms with E-state index in [-0.39, 0.29) is 26.2 Å². The van der Waals surface area contributed by atoms with Gasteiger partial charge in [0.05, 0.1) is 39.5 Å². The zero-order valence-electron chi connectivity index (χ0n) is 18.3. The largest absolute Gasteiger partial charge is 0.508 e. The van der Waals surface area contributed by atoms with E-state index in [0.29, 0.717) is 29.9 Å². The van der Waals surface area contributed by atoms with Gasteiger partial charge in [0.25, 0.3) is 5.69 Å². The molecule has 174 valence electrons. The van der Waals surface area contributed by atoms with Crippen molar-refractivity contribution < 1.29 is 20.2 Å². The number of aromatic amines is 1. The molecule has 2 aromatic carbocycles. The summed E-state index contributed by atoms with van der Waals surface area (Å²) in [6, 6.07) is 8.32. The lowest BCUT2D eigenvalue weighted by Crippen LogP contribution is -1.92. The summed E-state index contributed by atoms with van der Waals surface area (Å²) in [5.41, 5.74) is 2.09. The van der Waals surface area contributed by atoms with Crippen LogP contribution in [0.15, 0.2) is 36.5 Å². The number of nitrogens with zero attached hydrogens (tertiary/aromatic N) is 3. The van der Waals surface area contributed by atoms with Crippen molar-refractivity contribution in [2.75, 3.05) is 21.4 Å². The molecule has 0 amide bonds. The molecule has 8 nitrogen and oxygen atoms in total. The molecule has 0 spiro atoms. The lowest BCUT2D eigenvalue weighted by molar-refractivity contribution is -0.385. The number of methoxy groups -OCH3 is 2. The number of H-pyrrole nitrogens is 1. The molecule has 1 heterocycles. The van der Waals surface area contributed by atoms with E-state index >= 15 is 0 Å². The highest BCUT2D eigenvalue weighted by atomic mass is 19.1. The number of aromatic nitrogens is 1. The molecule has 3 rings (SSSR count). The van der Waals surface area contributed by atoms with Crippen molar-refractivity contribution in [2.24, 2.45) is 0 Å². The van der Waals surface area contributed by atoms with Crippen LogP contribution in [0, 0.1) is 30.2 Å². The lowest BCUT2D eigenvalue weighted by Gasteiger charge is -2.04. The minimum Gasteiger partial charge on any atom is -0.508 e. The Morgan fingerprint density at radius 3 is 2.00 bits per heavy atom. The smallest absolute Gasteiger partial charge is 0.262 e. The van der Waals surface area contributed by atoms with Gasteiger partial charge in [-0.2, -0.15) is 0 Å². The second kappa shape index (κ2) is 15.7. The Bertz CT molecular complexity index is 1090. The number of fused-ring (bicyclic) bond motifs is 1. The molecule has 3 aromatic rings. The van der Waals surface area contributed by atoms with E-state index in [1.165, 1.54) is 26.6 Å². The van der Waals surface area contributed by atoms with Gasteiger partial charge in [0, 0.05) is 30.1 Å². The highest BCUT2D eigenvalue weighted by Gasteiger charge is 2.15. The number of nitro benzene ring substituents is 1. The molecule has 0 unspecified atom stereocenters. The number of ether oxygens (including phenoxy) is 2. The van der Waals surface area contributed by atoms with E-state index in [4.69, 9.17) is 24.0 Å². The number of benzene rings is 2. The summed E-state index contributed by atoms with van der Waals surface area (Å²) < 4.78 is 25.3. The zero-order valence-corrected chi connectivity index (χ0v) is 17.3. The predicted molar refractivity (Wildman–Crippen MR) is 129 cm³/mol. The van der Waals surface area contributed by atoms with Gasteiger partial charge in [0.2, 0.25) is 11.4 Å². The third kappa shape index (κ3) is 7.62. The van der Waals surface area contributed by atoms with E-state index in [9.17, 15) is 14.5 Å². The van der Waals surface area contributed by atoms with Crippen LogP contribution >= 0.6 is 0 Å². The third-order valence-corrected chi connectivity index (χ3v) is 3.79. The Morgan fingerprint density at radius 1 is 1.03 bits per heavy atom. The molecular weight excluding hydrogens is 415 g/mol. The van der Waals surface area contributed by atoms with Gasteiger partial charge < -0.3 is 14.5 Å². The second-order valence-electron chi connectivity index (χ2n) is 5.38. The topological polar surface area (TPSA) is 86.1 Å². The summed E-state index contributed by atoms with van der Waals surface area (Å²) in [5, 5.41) is 11.6. The quantitative estimate of drug-likeness (QED) is 0.253. The molecule has 1 aromatic heterocycles. The van der Waals surface area contributed by atoms with Gasteiger partial charge in [0.15, 0.2) is 0 Å². The maximum atomic E-state index is 10.6. The van der Waals surface area contributed by atoms with Gasteiger partial charge in [-0.25, -0.2) is 9.69 Å². The molecule has 0 bridgehead atoms. The van der Waals surface area contributed by atoms with Gasteiger partial charge in [-0.05, 0) is 31.2 Å². The first-order chi connectivity index (χ1) is 14.9. The molecule has 0 aliphatic heterocycles. The van der Waals surface area contributed by atoms with Gasteiger partial charge in [0.1, 0.15) is 11.5 Å². The maximum Gasteiger partial charge on any atom is 0.262 e. The molecule has 0 radical (unpaired) electrons. The average molecular weight is 448 g/mol. The maximum absolute atomic E-state index is 10.6. The summed E-state index contributed by atoms with van der Waals surface area (Å²) in [4.78, 5) is 19.6. The van der Waals surface area contributed by atoms with Crippen molar-refractivity contribution in [3.8, 4) is 11.5 Å². The van der Waals surface area contributed by atoms with Gasteiger partial charge in [-0.1, -0.05) is 22.3 Å². The number of hydrogen-bond donors (Lipinski definition) is 1. The van der Waals surface area contributed by atoms with E-state index in [2.05, 4.69) is 14.7 Å². The second-order valence-corrected chi connectivity index (χ2v) is 5.38. The number of aryl methyl sites for hydroxylation is 1. The van der Waals surface area contributed by atoms with Crippen molar-refractivity contribution in [2.45, 2.75) is 29.2 Å². The number of rotatable bonds is 3. The standard InChI is InChI=1S/C10H8N2O.C9H8N2O3.CH3F.3CH4/c1-11-9-6-8-7(3-4-12-8)5-10(9)13-2;1-6-4-9(14-3)7(10-2)5-8(6)11(12)13;1-2;;;/h3-6,12H,2H3;4-5H,1,3H3;1H3;3*1H4/i;;;1D;;. The Kier molecular flexibility index (Phi) is 14.8. The lowest BCUT2D eigenvalue weighted by atomic mass is 10.1. The number of halogens is 1. The van der Waals surface area contributed by atoms with Crippen molar-refractivity contribution in [3.05, 3.63) is 75.0 Å². The van der Waals surface area contributed by atoms with Crippen molar-refractivity contribution in [1.82, 2.24) is 4.98 Å². The SMILES string of the molecule is C.C.CF.[2H]C.[C-]#[N+]c1cc([N+](=O)[O-])c(C)cc1OC.[C-]#[N+]c1cc2[nH]ccc2cc1OC. The zero-order chi connectivity index (χ0) is 24.0. The molecular formula is C23H31FN4O4. The highest BCUT2D eigenvalue weighted by molar-refractivity contribution is 5.86. The number of hydrogen-bond acceptors (Lipinski definition) is 4. The summed E-state index contributed by atoms with van der Waals surface area (Å²) in [6.07, 6.45) is 1.85. The Labute approximate surface area is 190 Å². The highest BCUT2D eigenvalue weighted by Crippen LogP contribution is 2.34. The van der Waals surface area contributed by atoms with Crippen LogP contribution < -0.4 is 9.47 Å². The van der Waals surface area contributed by atoms with Crippen LogP contribution in [0.3, 0.4) is 0 Å². The molecule has 1 N–H and O–H groups in total. The fraction of sp³-hybridized carbons (Fsp3) is 0.304. The summed E-state index contributed by atoms with van der Waals surface area (Å²) in [7, 11) is 4.75. The van der Waals surface area contributed by atoms with E-state index in [1.54, 1.807) is 20.1 Å². The van der Waals surface area contributed by atoms with Crippen molar-refractivity contribution in [3.63, 3.8) is 0 Å². The van der Waals surface area contributed by atoms with Crippen LogP contribution in [0.2, 0.25) is 0 Å². The molecule has 32 heavy (non-hydrogen) atoms. The first kappa shape index (κ1) is 30.1. The van der Waals surface area contributed by atoms with Crippen LogP contribution in [0.1, 0.15) is 29.2 Å². The first-order valence-corrected chi connectivity index (χ1v) is 8.06. The van der Waals surface area contributed by atoms with Crippen LogP contribution in [0.4, 0.5) is 21.5 Å². The van der Waals surface area contributed by atoms with E-state index in [0.717, 1.165) is 10.9 Å². The third-order valence-electron chi connectivity index (χ3n) is 3.79. The molecule has 0 aliphatic rings.